The SMILES string of the molecule is C[S+]([O-])c1ccccc1-c1nnc2ccc(Sc3ccccc3CNC(=O)Nc3cc(C(C)(C)C)nn3-c3cccc(O)c3)cn12. The third-order valence-corrected chi connectivity index (χ3v) is 9.32. The normalized spacial score (nSPS) is 12.3. The third-order valence-electron chi connectivity index (χ3n) is 7.25. The Hall–Kier alpha value is -4.78. The summed E-state index contributed by atoms with van der Waals surface area (Å²) in [5.74, 6) is 1.22. The van der Waals surface area contributed by atoms with Crippen molar-refractivity contribution in [2.75, 3.05) is 11.6 Å². The number of benzene rings is 3. The fourth-order valence-corrected chi connectivity index (χ4v) is 6.59. The molecule has 3 aromatic heterocycles. The first-order valence-corrected chi connectivity index (χ1v) is 16.9. The summed E-state index contributed by atoms with van der Waals surface area (Å²) in [7, 11) is 0. The van der Waals surface area contributed by atoms with E-state index in [9.17, 15) is 14.5 Å². The number of phenolic OH excluding ortho intramolecular Hbond substituents is 1. The maximum Gasteiger partial charge on any atom is 0.320 e. The van der Waals surface area contributed by atoms with Crippen LogP contribution in [0.15, 0.2) is 112 Å². The number of fused-ring (bicyclic) bond motifs is 1. The smallest absolute Gasteiger partial charge is 0.320 e. The van der Waals surface area contributed by atoms with Crippen molar-refractivity contribution in [3.63, 3.8) is 0 Å². The van der Waals surface area contributed by atoms with Crippen molar-refractivity contribution in [3.8, 4) is 22.8 Å². The Kier molecular flexibility index (Phi) is 8.76. The number of rotatable bonds is 8. The predicted molar refractivity (Wildman–Crippen MR) is 181 cm³/mol. The van der Waals surface area contributed by atoms with Crippen molar-refractivity contribution < 1.29 is 14.5 Å². The molecule has 0 spiro atoms. The zero-order valence-corrected chi connectivity index (χ0v) is 27.4. The standard InChI is InChI=1S/C34H33N7O3S2/c1-34(2,3)29-19-31(41(39-29)23-11-9-12-24(42)18-23)36-33(43)35-20-22-10-5-7-14-27(22)45-25-16-17-30-37-38-32(40(30)21-25)26-13-6-8-15-28(26)46(4)44/h5-19,21,42H,20H2,1-4H3,(H2,35,36,43). The van der Waals surface area contributed by atoms with Gasteiger partial charge in [-0.25, -0.2) is 9.48 Å². The number of urea groups is 1. The lowest BCUT2D eigenvalue weighted by atomic mass is 9.92. The number of nitrogens with one attached hydrogen (secondary N) is 2. The number of carbonyl (C=O) groups is 1. The number of pyridine rings is 1. The molecule has 6 rings (SSSR count). The minimum absolute atomic E-state index is 0.108. The number of amides is 2. The molecular weight excluding hydrogens is 619 g/mol. The maximum absolute atomic E-state index is 13.2. The minimum Gasteiger partial charge on any atom is -0.612 e. The molecule has 1 unspecified atom stereocenters. The van der Waals surface area contributed by atoms with Crippen LogP contribution in [0.25, 0.3) is 22.7 Å². The molecule has 1 atom stereocenters. The minimum atomic E-state index is -1.18. The predicted octanol–water partition coefficient (Wildman–Crippen LogP) is 6.80. The molecule has 0 bridgehead atoms. The molecule has 46 heavy (non-hydrogen) atoms. The summed E-state index contributed by atoms with van der Waals surface area (Å²) >= 11 is 0.380. The lowest BCUT2D eigenvalue weighted by Gasteiger charge is -2.14. The average molecular weight is 652 g/mol. The van der Waals surface area contributed by atoms with E-state index in [2.05, 4.69) is 41.6 Å². The fourth-order valence-electron chi connectivity index (χ4n) is 4.89. The second-order valence-corrected chi connectivity index (χ2v) is 14.1. The van der Waals surface area contributed by atoms with Crippen LogP contribution in [0.5, 0.6) is 5.75 Å². The zero-order valence-electron chi connectivity index (χ0n) is 25.8. The second-order valence-electron chi connectivity index (χ2n) is 11.7. The fraction of sp³-hybridized carbons (Fsp3) is 0.176. The summed E-state index contributed by atoms with van der Waals surface area (Å²) in [5.41, 5.74) is 3.57. The summed E-state index contributed by atoms with van der Waals surface area (Å²) in [6.07, 6.45) is 3.62. The molecule has 2 amide bonds. The van der Waals surface area contributed by atoms with Crippen molar-refractivity contribution in [1.29, 1.82) is 0 Å². The molecule has 0 fully saturated rings. The van der Waals surface area contributed by atoms with E-state index in [0.717, 1.165) is 26.6 Å². The molecule has 3 N–H and O–H groups in total. The van der Waals surface area contributed by atoms with Gasteiger partial charge in [-0.15, -0.1) is 10.2 Å². The summed E-state index contributed by atoms with van der Waals surface area (Å²) in [5, 5.41) is 29.4. The number of carbonyl (C=O) groups excluding carboxylic acids is 1. The van der Waals surface area contributed by atoms with Gasteiger partial charge in [0.05, 0.1) is 16.9 Å². The first-order chi connectivity index (χ1) is 22.1. The van der Waals surface area contributed by atoms with Crippen molar-refractivity contribution in [3.05, 3.63) is 108 Å². The number of nitrogens with zero attached hydrogens (tertiary/aromatic N) is 5. The summed E-state index contributed by atoms with van der Waals surface area (Å²) in [6, 6.07) is 27.5. The van der Waals surface area contributed by atoms with Gasteiger partial charge in [-0.2, -0.15) is 5.10 Å². The number of anilines is 1. The Labute approximate surface area is 274 Å². The van der Waals surface area contributed by atoms with Crippen LogP contribution >= 0.6 is 11.8 Å². The second kappa shape index (κ2) is 12.9. The molecule has 6 aromatic rings. The van der Waals surface area contributed by atoms with Crippen molar-refractivity contribution >= 4 is 40.4 Å². The Morgan fingerprint density at radius 2 is 1.76 bits per heavy atom. The van der Waals surface area contributed by atoms with Crippen molar-refractivity contribution in [2.45, 2.75) is 47.4 Å². The van der Waals surface area contributed by atoms with Crippen molar-refractivity contribution in [1.82, 2.24) is 29.7 Å². The molecular formula is C34H33N7O3S2. The highest BCUT2D eigenvalue weighted by Crippen LogP contribution is 2.33. The molecule has 0 radical (unpaired) electrons. The number of aromatic nitrogens is 5. The van der Waals surface area contributed by atoms with Crippen LogP contribution in [0, 0.1) is 0 Å². The Balaban J connectivity index is 1.20. The van der Waals surface area contributed by atoms with E-state index < -0.39 is 11.2 Å². The van der Waals surface area contributed by atoms with Crippen LogP contribution in [0.1, 0.15) is 32.0 Å². The van der Waals surface area contributed by atoms with E-state index >= 15 is 0 Å². The molecule has 234 valence electrons. The van der Waals surface area contributed by atoms with E-state index in [4.69, 9.17) is 5.10 Å². The summed E-state index contributed by atoms with van der Waals surface area (Å²) in [6.45, 7) is 6.44. The summed E-state index contributed by atoms with van der Waals surface area (Å²) < 4.78 is 15.9. The Bertz CT molecular complexity index is 2030. The molecule has 3 aromatic carbocycles. The Morgan fingerprint density at radius 3 is 2.54 bits per heavy atom. The lowest BCUT2D eigenvalue weighted by molar-refractivity contribution is 0.251. The van der Waals surface area contributed by atoms with Gasteiger partial charge in [0.15, 0.2) is 16.4 Å². The van der Waals surface area contributed by atoms with E-state index in [0.29, 0.717) is 27.9 Å². The Morgan fingerprint density at radius 1 is 0.978 bits per heavy atom. The van der Waals surface area contributed by atoms with Crippen LogP contribution in [-0.4, -0.2) is 46.3 Å². The zero-order chi connectivity index (χ0) is 32.4. The highest BCUT2D eigenvalue weighted by Gasteiger charge is 2.22. The molecule has 0 aliphatic carbocycles. The monoisotopic (exact) mass is 651 g/mol. The molecule has 0 aliphatic heterocycles. The van der Waals surface area contributed by atoms with Gasteiger partial charge in [-0.05, 0) is 59.2 Å². The maximum atomic E-state index is 13.2. The molecule has 0 saturated heterocycles. The first kappa shape index (κ1) is 31.2. The van der Waals surface area contributed by atoms with Gasteiger partial charge >= 0.3 is 6.03 Å². The molecule has 0 saturated carbocycles. The van der Waals surface area contributed by atoms with Gasteiger partial charge in [0.25, 0.3) is 0 Å². The molecule has 3 heterocycles. The highest BCUT2D eigenvalue weighted by molar-refractivity contribution is 7.99. The van der Waals surface area contributed by atoms with Crippen LogP contribution < -0.4 is 10.6 Å². The van der Waals surface area contributed by atoms with Gasteiger partial charge in [-0.1, -0.05) is 68.9 Å². The lowest BCUT2D eigenvalue weighted by Crippen LogP contribution is -2.29. The van der Waals surface area contributed by atoms with Crippen LogP contribution in [0.2, 0.25) is 0 Å². The number of hydrogen-bond acceptors (Lipinski definition) is 7. The van der Waals surface area contributed by atoms with Gasteiger partial charge in [0.1, 0.15) is 17.8 Å². The summed E-state index contributed by atoms with van der Waals surface area (Å²) in [4.78, 5) is 15.8. The first-order valence-electron chi connectivity index (χ1n) is 14.5. The van der Waals surface area contributed by atoms with Crippen molar-refractivity contribution in [2.24, 2.45) is 0 Å². The van der Waals surface area contributed by atoms with E-state index in [-0.39, 0.29) is 23.7 Å². The van der Waals surface area contributed by atoms with Crippen LogP contribution in [0.3, 0.4) is 0 Å². The van der Waals surface area contributed by atoms with E-state index in [1.807, 2.05) is 83.4 Å². The van der Waals surface area contributed by atoms with Gasteiger partial charge in [0.2, 0.25) is 0 Å². The highest BCUT2D eigenvalue weighted by atomic mass is 32.2. The number of phenols is 1. The topological polar surface area (TPSA) is 132 Å². The number of aromatic hydroxyl groups is 1. The van der Waals surface area contributed by atoms with Gasteiger partial charge in [-0.3, -0.25) is 9.72 Å². The van der Waals surface area contributed by atoms with E-state index in [1.165, 1.54) is 0 Å². The average Bonchev–Trinajstić information content (AvgIpc) is 3.65. The molecule has 0 aliphatic rings. The molecule has 12 heteroatoms. The van der Waals surface area contributed by atoms with Gasteiger partial charge < -0.3 is 15.0 Å². The van der Waals surface area contributed by atoms with E-state index in [1.54, 1.807) is 40.9 Å². The quantitative estimate of drug-likeness (QED) is 0.154. The van der Waals surface area contributed by atoms with Crippen LogP contribution in [-0.2, 0) is 23.1 Å². The van der Waals surface area contributed by atoms with Gasteiger partial charge in [0, 0.05) is 40.1 Å². The third kappa shape index (κ3) is 6.74. The molecule has 10 nitrogen and oxygen atoms in total. The van der Waals surface area contributed by atoms with Crippen LogP contribution in [0.4, 0.5) is 10.6 Å². The largest absolute Gasteiger partial charge is 0.612 e. The number of hydrogen-bond donors (Lipinski definition) is 3.